The average Bonchev–Trinajstić information content (AvgIpc) is 2.77. The lowest BCUT2D eigenvalue weighted by atomic mass is 10.1. The first-order valence-corrected chi connectivity index (χ1v) is 9.77. The third-order valence-electron chi connectivity index (χ3n) is 5.20. The van der Waals surface area contributed by atoms with E-state index in [9.17, 15) is 0 Å². The van der Waals surface area contributed by atoms with Gasteiger partial charge in [0, 0.05) is 37.9 Å². The number of nitrogens with one attached hydrogen (secondary N) is 1. The molecule has 1 fully saturated rings. The first-order chi connectivity index (χ1) is 13.8. The lowest BCUT2D eigenvalue weighted by Gasteiger charge is -2.34. The topological polar surface area (TPSA) is 55.9 Å². The SMILES string of the molecule is COc1ccc2c(c1)C=C(CNCC(c1ccccn1)N1CCOCC1)CO2. The quantitative estimate of drug-likeness (QED) is 0.795. The molecule has 6 nitrogen and oxygen atoms in total. The van der Waals surface area contributed by atoms with Crippen molar-refractivity contribution in [1.82, 2.24) is 15.2 Å². The highest BCUT2D eigenvalue weighted by molar-refractivity contribution is 5.64. The summed E-state index contributed by atoms with van der Waals surface area (Å²) >= 11 is 0. The molecule has 0 aliphatic carbocycles. The van der Waals surface area contributed by atoms with E-state index in [1.165, 1.54) is 5.57 Å². The molecule has 0 spiro atoms. The molecule has 28 heavy (non-hydrogen) atoms. The van der Waals surface area contributed by atoms with E-state index in [0.717, 1.165) is 62.1 Å². The molecule has 3 heterocycles. The van der Waals surface area contributed by atoms with Gasteiger partial charge in [-0.25, -0.2) is 0 Å². The molecule has 0 saturated carbocycles. The molecule has 1 aromatic heterocycles. The van der Waals surface area contributed by atoms with E-state index in [-0.39, 0.29) is 6.04 Å². The van der Waals surface area contributed by atoms with Crippen LogP contribution < -0.4 is 14.8 Å². The lowest BCUT2D eigenvalue weighted by Crippen LogP contribution is -2.43. The molecule has 2 aliphatic heterocycles. The van der Waals surface area contributed by atoms with E-state index in [1.807, 2.05) is 30.5 Å². The van der Waals surface area contributed by atoms with Crippen molar-refractivity contribution in [3.63, 3.8) is 0 Å². The second-order valence-electron chi connectivity index (χ2n) is 7.04. The summed E-state index contributed by atoms with van der Waals surface area (Å²) in [6.45, 7) is 5.65. The van der Waals surface area contributed by atoms with E-state index in [2.05, 4.69) is 33.4 Å². The summed E-state index contributed by atoms with van der Waals surface area (Å²) in [4.78, 5) is 7.04. The summed E-state index contributed by atoms with van der Waals surface area (Å²) in [6, 6.07) is 12.3. The van der Waals surface area contributed by atoms with Gasteiger partial charge >= 0.3 is 0 Å². The number of fused-ring (bicyclic) bond motifs is 1. The highest BCUT2D eigenvalue weighted by Crippen LogP contribution is 2.29. The fourth-order valence-electron chi connectivity index (χ4n) is 3.68. The number of ether oxygens (including phenoxy) is 3. The zero-order valence-electron chi connectivity index (χ0n) is 16.3. The molecule has 1 saturated heterocycles. The van der Waals surface area contributed by atoms with Gasteiger partial charge in [0.1, 0.15) is 18.1 Å². The zero-order chi connectivity index (χ0) is 19.2. The maximum absolute atomic E-state index is 5.89. The Kier molecular flexibility index (Phi) is 6.21. The van der Waals surface area contributed by atoms with Gasteiger partial charge in [0.25, 0.3) is 0 Å². The molecule has 0 radical (unpaired) electrons. The Balaban J connectivity index is 1.41. The van der Waals surface area contributed by atoms with Crippen molar-refractivity contribution in [1.29, 1.82) is 0 Å². The number of hydrogen-bond donors (Lipinski definition) is 1. The van der Waals surface area contributed by atoms with E-state index >= 15 is 0 Å². The molecule has 2 aliphatic rings. The Labute approximate surface area is 166 Å². The largest absolute Gasteiger partial charge is 0.497 e. The van der Waals surface area contributed by atoms with Crippen LogP contribution in [0.4, 0.5) is 0 Å². The van der Waals surface area contributed by atoms with Gasteiger partial charge in [0.05, 0.1) is 32.1 Å². The second kappa shape index (κ2) is 9.19. The Morgan fingerprint density at radius 1 is 1.21 bits per heavy atom. The Morgan fingerprint density at radius 2 is 2.11 bits per heavy atom. The van der Waals surface area contributed by atoms with Gasteiger partial charge in [-0.2, -0.15) is 0 Å². The van der Waals surface area contributed by atoms with E-state index in [4.69, 9.17) is 14.2 Å². The van der Waals surface area contributed by atoms with Gasteiger partial charge in [0.15, 0.2) is 0 Å². The molecule has 6 heteroatoms. The number of aromatic nitrogens is 1. The molecule has 0 bridgehead atoms. The van der Waals surface area contributed by atoms with Crippen molar-refractivity contribution in [2.24, 2.45) is 0 Å². The van der Waals surface area contributed by atoms with Crippen molar-refractivity contribution in [3.05, 3.63) is 59.4 Å². The molecule has 1 aromatic carbocycles. The highest BCUT2D eigenvalue weighted by atomic mass is 16.5. The minimum absolute atomic E-state index is 0.239. The molecular formula is C22H27N3O3. The average molecular weight is 381 g/mol. The van der Waals surface area contributed by atoms with Crippen LogP contribution in [0.15, 0.2) is 48.2 Å². The van der Waals surface area contributed by atoms with Gasteiger partial charge in [-0.15, -0.1) is 0 Å². The van der Waals surface area contributed by atoms with E-state index in [0.29, 0.717) is 6.61 Å². The van der Waals surface area contributed by atoms with E-state index < -0.39 is 0 Å². The fraction of sp³-hybridized carbons (Fsp3) is 0.409. The summed E-state index contributed by atoms with van der Waals surface area (Å²) in [7, 11) is 1.68. The fourth-order valence-corrected chi connectivity index (χ4v) is 3.68. The minimum atomic E-state index is 0.239. The predicted octanol–water partition coefficient (Wildman–Crippen LogP) is 2.53. The number of methoxy groups -OCH3 is 1. The molecule has 0 amide bonds. The number of benzene rings is 1. The maximum atomic E-state index is 5.89. The first-order valence-electron chi connectivity index (χ1n) is 9.77. The summed E-state index contributed by atoms with van der Waals surface area (Å²) < 4.78 is 16.7. The molecule has 1 unspecified atom stereocenters. The first kappa shape index (κ1) is 18.9. The predicted molar refractivity (Wildman–Crippen MR) is 109 cm³/mol. The van der Waals surface area contributed by atoms with Crippen LogP contribution in [0, 0.1) is 0 Å². The summed E-state index contributed by atoms with van der Waals surface area (Å²) in [5.41, 5.74) is 3.39. The van der Waals surface area contributed by atoms with Crippen LogP contribution in [0.1, 0.15) is 17.3 Å². The molecule has 1 atom stereocenters. The van der Waals surface area contributed by atoms with Crippen LogP contribution in [-0.2, 0) is 4.74 Å². The third kappa shape index (κ3) is 4.52. The van der Waals surface area contributed by atoms with Gasteiger partial charge in [-0.3, -0.25) is 9.88 Å². The van der Waals surface area contributed by atoms with Crippen molar-refractivity contribution in [3.8, 4) is 11.5 Å². The van der Waals surface area contributed by atoms with Gasteiger partial charge in [-0.05, 0) is 42.0 Å². The summed E-state index contributed by atoms with van der Waals surface area (Å²) in [6.07, 6.45) is 4.06. The molecule has 4 rings (SSSR count). The van der Waals surface area contributed by atoms with Gasteiger partial charge in [0.2, 0.25) is 0 Å². The van der Waals surface area contributed by atoms with Crippen LogP contribution in [0.5, 0.6) is 11.5 Å². The Hall–Kier alpha value is -2.41. The Morgan fingerprint density at radius 3 is 2.89 bits per heavy atom. The highest BCUT2D eigenvalue weighted by Gasteiger charge is 2.23. The third-order valence-corrected chi connectivity index (χ3v) is 5.20. The molecule has 148 valence electrons. The maximum Gasteiger partial charge on any atom is 0.127 e. The van der Waals surface area contributed by atoms with Crippen LogP contribution in [0.25, 0.3) is 6.08 Å². The lowest BCUT2D eigenvalue weighted by molar-refractivity contribution is 0.0154. The monoisotopic (exact) mass is 381 g/mol. The number of hydrogen-bond acceptors (Lipinski definition) is 6. The Bertz CT molecular complexity index is 804. The minimum Gasteiger partial charge on any atom is -0.497 e. The van der Waals surface area contributed by atoms with Crippen LogP contribution >= 0.6 is 0 Å². The second-order valence-corrected chi connectivity index (χ2v) is 7.04. The van der Waals surface area contributed by atoms with Crippen molar-refractivity contribution in [2.75, 3.05) is 53.1 Å². The number of morpholine rings is 1. The molecule has 1 N–H and O–H groups in total. The smallest absolute Gasteiger partial charge is 0.127 e. The van der Waals surface area contributed by atoms with Crippen molar-refractivity contribution in [2.45, 2.75) is 6.04 Å². The molecule has 2 aromatic rings. The number of pyridine rings is 1. The van der Waals surface area contributed by atoms with Gasteiger partial charge < -0.3 is 19.5 Å². The number of rotatable bonds is 7. The van der Waals surface area contributed by atoms with Crippen LogP contribution in [-0.4, -0.2) is 63.0 Å². The van der Waals surface area contributed by atoms with Crippen molar-refractivity contribution < 1.29 is 14.2 Å². The van der Waals surface area contributed by atoms with Crippen molar-refractivity contribution >= 4 is 6.08 Å². The zero-order valence-corrected chi connectivity index (χ0v) is 16.3. The summed E-state index contributed by atoms with van der Waals surface area (Å²) in [5.74, 6) is 1.75. The molecular weight excluding hydrogens is 354 g/mol. The van der Waals surface area contributed by atoms with Crippen LogP contribution in [0.3, 0.4) is 0 Å². The standard InChI is InChI=1S/C22H27N3O3/c1-26-19-5-6-22-18(13-19)12-17(16-28-22)14-23-15-21(20-4-2-3-7-24-20)25-8-10-27-11-9-25/h2-7,12-13,21,23H,8-11,14-16H2,1H3. The number of nitrogens with zero attached hydrogens (tertiary/aromatic N) is 2. The van der Waals surface area contributed by atoms with E-state index in [1.54, 1.807) is 7.11 Å². The van der Waals surface area contributed by atoms with Crippen LogP contribution in [0.2, 0.25) is 0 Å². The summed E-state index contributed by atoms with van der Waals surface area (Å²) in [5, 5.41) is 3.61. The van der Waals surface area contributed by atoms with Gasteiger partial charge in [-0.1, -0.05) is 6.07 Å². The normalized spacial score (nSPS) is 18.0.